The average Bonchev–Trinajstić information content (AvgIpc) is 3.36. The van der Waals surface area contributed by atoms with Crippen molar-refractivity contribution < 1.29 is 9.21 Å². The molecule has 0 fully saturated rings. The lowest BCUT2D eigenvalue weighted by atomic mass is 10.1. The molecule has 0 aliphatic carbocycles. The molecule has 1 amide bonds. The standard InChI is InChI=1S/C19H17N7O2S/c1-12-6-8-14(9-7-12)18-22-21-17(28-18)11-29-19-23-24-25-26(19)16-5-3-4-15(10-16)20-13(2)27/h3-10H,11H2,1-2H3,(H,20,27). The van der Waals surface area contributed by atoms with Gasteiger partial charge in [0.2, 0.25) is 22.8 Å². The Labute approximate surface area is 170 Å². The molecule has 4 aromatic rings. The summed E-state index contributed by atoms with van der Waals surface area (Å²) in [4.78, 5) is 11.3. The SMILES string of the molecule is CC(=O)Nc1cccc(-n2nnnc2SCc2nnc(-c3ccc(C)cc3)o2)c1. The van der Waals surface area contributed by atoms with Gasteiger partial charge < -0.3 is 9.73 Å². The van der Waals surface area contributed by atoms with E-state index in [0.29, 0.717) is 28.4 Å². The van der Waals surface area contributed by atoms with Gasteiger partial charge in [0.15, 0.2) is 0 Å². The molecular formula is C19H17N7O2S. The molecule has 0 spiro atoms. The zero-order valence-electron chi connectivity index (χ0n) is 15.7. The second kappa shape index (κ2) is 8.23. The van der Waals surface area contributed by atoms with E-state index in [2.05, 4.69) is 31.0 Å². The zero-order chi connectivity index (χ0) is 20.2. The van der Waals surface area contributed by atoms with E-state index in [1.807, 2.05) is 43.3 Å². The van der Waals surface area contributed by atoms with E-state index in [0.717, 1.165) is 11.3 Å². The first-order chi connectivity index (χ1) is 14.1. The minimum Gasteiger partial charge on any atom is -0.420 e. The number of hydrogen-bond donors (Lipinski definition) is 1. The molecule has 0 saturated heterocycles. The number of carbonyl (C=O) groups excluding carboxylic acids is 1. The van der Waals surface area contributed by atoms with Crippen LogP contribution >= 0.6 is 11.8 Å². The Hall–Kier alpha value is -3.53. The normalized spacial score (nSPS) is 10.8. The van der Waals surface area contributed by atoms with Gasteiger partial charge in [-0.3, -0.25) is 4.79 Å². The summed E-state index contributed by atoms with van der Waals surface area (Å²) in [5.41, 5.74) is 3.44. The van der Waals surface area contributed by atoms with Crippen molar-refractivity contribution in [3.8, 4) is 17.1 Å². The van der Waals surface area contributed by atoms with Crippen LogP contribution in [0.3, 0.4) is 0 Å². The lowest BCUT2D eigenvalue weighted by Crippen LogP contribution is -2.07. The first-order valence-electron chi connectivity index (χ1n) is 8.77. The molecule has 2 heterocycles. The molecule has 1 N–H and O–H groups in total. The van der Waals surface area contributed by atoms with Crippen LogP contribution in [-0.2, 0) is 10.5 Å². The number of thioether (sulfide) groups is 1. The molecule has 4 rings (SSSR count). The summed E-state index contributed by atoms with van der Waals surface area (Å²) in [7, 11) is 0. The van der Waals surface area contributed by atoms with E-state index in [1.165, 1.54) is 24.2 Å². The van der Waals surface area contributed by atoms with Gasteiger partial charge in [0, 0.05) is 18.2 Å². The third-order valence-electron chi connectivity index (χ3n) is 3.94. The van der Waals surface area contributed by atoms with Gasteiger partial charge in [-0.2, -0.15) is 4.68 Å². The number of rotatable bonds is 6. The Kier molecular flexibility index (Phi) is 5.34. The highest BCUT2D eigenvalue weighted by Gasteiger charge is 2.13. The van der Waals surface area contributed by atoms with E-state index in [1.54, 1.807) is 16.8 Å². The van der Waals surface area contributed by atoms with Crippen LogP contribution in [0.25, 0.3) is 17.1 Å². The van der Waals surface area contributed by atoms with Gasteiger partial charge in [-0.1, -0.05) is 35.5 Å². The summed E-state index contributed by atoms with van der Waals surface area (Å²) in [6.45, 7) is 3.48. The predicted molar refractivity (Wildman–Crippen MR) is 107 cm³/mol. The van der Waals surface area contributed by atoms with Crippen LogP contribution < -0.4 is 5.32 Å². The maximum Gasteiger partial charge on any atom is 0.247 e. The molecule has 0 bridgehead atoms. The number of amides is 1. The fourth-order valence-corrected chi connectivity index (χ4v) is 3.33. The Morgan fingerprint density at radius 2 is 1.97 bits per heavy atom. The molecular weight excluding hydrogens is 390 g/mol. The van der Waals surface area contributed by atoms with Crippen molar-refractivity contribution in [3.63, 3.8) is 0 Å². The topological polar surface area (TPSA) is 112 Å². The number of benzene rings is 2. The quantitative estimate of drug-likeness (QED) is 0.485. The van der Waals surface area contributed by atoms with Crippen LogP contribution in [0.15, 0.2) is 58.1 Å². The molecule has 9 nitrogen and oxygen atoms in total. The summed E-state index contributed by atoms with van der Waals surface area (Å²) in [6.07, 6.45) is 0. The highest BCUT2D eigenvalue weighted by Crippen LogP contribution is 2.25. The van der Waals surface area contributed by atoms with E-state index < -0.39 is 0 Å². The molecule has 0 atom stereocenters. The Morgan fingerprint density at radius 3 is 2.76 bits per heavy atom. The fourth-order valence-electron chi connectivity index (χ4n) is 2.60. The summed E-state index contributed by atoms with van der Waals surface area (Å²) < 4.78 is 7.34. The van der Waals surface area contributed by atoms with Gasteiger partial charge in [0.25, 0.3) is 0 Å². The number of aryl methyl sites for hydroxylation is 1. The van der Waals surface area contributed by atoms with Crippen molar-refractivity contribution in [2.45, 2.75) is 24.8 Å². The van der Waals surface area contributed by atoms with Gasteiger partial charge in [-0.05, 0) is 47.7 Å². The minimum atomic E-state index is -0.144. The summed E-state index contributed by atoms with van der Waals surface area (Å²) in [5, 5.41) is 23.4. The Balaban J connectivity index is 1.48. The maximum atomic E-state index is 11.3. The molecule has 29 heavy (non-hydrogen) atoms. The molecule has 10 heteroatoms. The van der Waals surface area contributed by atoms with Crippen molar-refractivity contribution >= 4 is 23.4 Å². The number of carbonyl (C=O) groups is 1. The lowest BCUT2D eigenvalue weighted by Gasteiger charge is -2.06. The van der Waals surface area contributed by atoms with Crippen molar-refractivity contribution in [2.24, 2.45) is 0 Å². The van der Waals surface area contributed by atoms with Gasteiger partial charge in [0.1, 0.15) is 0 Å². The highest BCUT2D eigenvalue weighted by atomic mass is 32.2. The van der Waals surface area contributed by atoms with E-state index in [9.17, 15) is 4.79 Å². The third kappa shape index (κ3) is 4.49. The van der Waals surface area contributed by atoms with Gasteiger partial charge >= 0.3 is 0 Å². The smallest absolute Gasteiger partial charge is 0.247 e. The second-order valence-electron chi connectivity index (χ2n) is 6.26. The van der Waals surface area contributed by atoms with Gasteiger partial charge in [0.05, 0.1) is 11.4 Å². The zero-order valence-corrected chi connectivity index (χ0v) is 16.6. The molecule has 2 aromatic heterocycles. The number of nitrogens with one attached hydrogen (secondary N) is 1. The Bertz CT molecular complexity index is 1140. The van der Waals surface area contributed by atoms with Crippen molar-refractivity contribution in [2.75, 3.05) is 5.32 Å². The number of hydrogen-bond acceptors (Lipinski definition) is 8. The Morgan fingerprint density at radius 1 is 1.14 bits per heavy atom. The van der Waals surface area contributed by atoms with Crippen LogP contribution in [0.1, 0.15) is 18.4 Å². The first kappa shape index (κ1) is 18.8. The predicted octanol–water partition coefficient (Wildman–Crippen LogP) is 3.27. The van der Waals surface area contributed by atoms with Crippen molar-refractivity contribution in [3.05, 3.63) is 60.0 Å². The van der Waals surface area contributed by atoms with Crippen molar-refractivity contribution in [1.82, 2.24) is 30.4 Å². The highest BCUT2D eigenvalue weighted by molar-refractivity contribution is 7.98. The van der Waals surface area contributed by atoms with Gasteiger partial charge in [-0.15, -0.1) is 15.3 Å². The molecule has 146 valence electrons. The molecule has 2 aromatic carbocycles. The summed E-state index contributed by atoms with van der Waals surface area (Å²) >= 11 is 1.38. The number of nitrogens with zero attached hydrogens (tertiary/aromatic N) is 6. The van der Waals surface area contributed by atoms with Crippen LogP contribution in [0.5, 0.6) is 0 Å². The van der Waals surface area contributed by atoms with Crippen LogP contribution in [0.2, 0.25) is 0 Å². The van der Waals surface area contributed by atoms with E-state index in [-0.39, 0.29) is 5.91 Å². The average molecular weight is 407 g/mol. The fraction of sp³-hybridized carbons (Fsp3) is 0.158. The number of anilines is 1. The van der Waals surface area contributed by atoms with Crippen LogP contribution in [0, 0.1) is 6.92 Å². The van der Waals surface area contributed by atoms with E-state index >= 15 is 0 Å². The molecule has 0 aliphatic rings. The molecule has 0 radical (unpaired) electrons. The maximum absolute atomic E-state index is 11.3. The molecule has 0 saturated carbocycles. The summed E-state index contributed by atoms with van der Waals surface area (Å²) in [6, 6.07) is 15.2. The summed E-state index contributed by atoms with van der Waals surface area (Å²) in [5.74, 6) is 1.23. The lowest BCUT2D eigenvalue weighted by molar-refractivity contribution is -0.114. The first-order valence-corrected chi connectivity index (χ1v) is 9.76. The molecule has 0 aliphatic heterocycles. The third-order valence-corrected chi connectivity index (χ3v) is 4.85. The second-order valence-corrected chi connectivity index (χ2v) is 7.20. The van der Waals surface area contributed by atoms with Crippen LogP contribution in [-0.4, -0.2) is 36.3 Å². The monoisotopic (exact) mass is 407 g/mol. The largest absolute Gasteiger partial charge is 0.420 e. The number of tetrazole rings is 1. The minimum absolute atomic E-state index is 0.144. The molecule has 0 unspecified atom stereocenters. The van der Waals surface area contributed by atoms with Crippen LogP contribution in [0.4, 0.5) is 5.69 Å². The number of aromatic nitrogens is 6. The van der Waals surface area contributed by atoms with E-state index in [4.69, 9.17) is 4.42 Å². The van der Waals surface area contributed by atoms with Gasteiger partial charge in [-0.25, -0.2) is 0 Å². The van der Waals surface area contributed by atoms with Crippen molar-refractivity contribution in [1.29, 1.82) is 0 Å².